The van der Waals surface area contributed by atoms with E-state index in [1.165, 1.54) is 11.8 Å². The van der Waals surface area contributed by atoms with Gasteiger partial charge in [-0.3, -0.25) is 38.8 Å². The molecular formula is C37H57N13O7. The lowest BCUT2D eigenvalue weighted by Crippen LogP contribution is -2.63. The highest BCUT2D eigenvalue weighted by Gasteiger charge is 2.41. The van der Waals surface area contributed by atoms with E-state index in [1.807, 2.05) is 24.3 Å². The Morgan fingerprint density at radius 1 is 0.789 bits per heavy atom. The summed E-state index contributed by atoms with van der Waals surface area (Å²) in [6.45, 7) is 5.06. The molecule has 57 heavy (non-hydrogen) atoms. The Labute approximate surface area is 330 Å². The van der Waals surface area contributed by atoms with Gasteiger partial charge in [0.2, 0.25) is 35.4 Å². The van der Waals surface area contributed by atoms with Crippen LogP contribution in [0.3, 0.4) is 0 Å². The molecule has 0 unspecified atom stereocenters. The number of carbonyl (C=O) groups excluding carboxylic acids is 6. The molecule has 0 aliphatic carbocycles. The molecule has 1 aromatic carbocycles. The Kier molecular flexibility index (Phi) is 15.6. The summed E-state index contributed by atoms with van der Waals surface area (Å²) in [5.41, 5.74) is 23.6. The molecule has 1 aromatic heterocycles. The second-order valence-corrected chi connectivity index (χ2v) is 14.6. The second-order valence-electron chi connectivity index (χ2n) is 14.6. The van der Waals surface area contributed by atoms with Gasteiger partial charge in [-0.1, -0.05) is 38.5 Å². The smallest absolute Gasteiger partial charge is 0.246 e. The molecule has 3 heterocycles. The van der Waals surface area contributed by atoms with E-state index in [4.69, 9.17) is 22.9 Å². The van der Waals surface area contributed by atoms with Crippen molar-refractivity contribution in [2.24, 2.45) is 38.8 Å². The van der Waals surface area contributed by atoms with E-state index in [0.717, 1.165) is 10.9 Å². The van der Waals surface area contributed by atoms with E-state index in [0.29, 0.717) is 18.4 Å². The van der Waals surface area contributed by atoms with Crippen LogP contribution in [-0.4, -0.2) is 124 Å². The number of nitrogens with two attached hydrogens (primary N) is 4. The first-order valence-electron chi connectivity index (χ1n) is 19.3. The number of hydrogen-bond acceptors (Lipinski definition) is 9. The predicted octanol–water partition coefficient (Wildman–Crippen LogP) is -2.72. The first kappa shape index (κ1) is 43.8. The first-order chi connectivity index (χ1) is 27.1. The predicted molar refractivity (Wildman–Crippen MR) is 213 cm³/mol. The van der Waals surface area contributed by atoms with E-state index < -0.39 is 83.7 Å². The van der Waals surface area contributed by atoms with Crippen molar-refractivity contribution in [2.45, 2.75) is 108 Å². The summed E-state index contributed by atoms with van der Waals surface area (Å²) >= 11 is 0. The largest absolute Gasteiger partial charge is 0.391 e. The van der Waals surface area contributed by atoms with Crippen molar-refractivity contribution in [3.05, 3.63) is 36.0 Å². The van der Waals surface area contributed by atoms with Gasteiger partial charge in [0, 0.05) is 43.2 Å². The van der Waals surface area contributed by atoms with Gasteiger partial charge in [-0.15, -0.1) is 0 Å². The van der Waals surface area contributed by atoms with Crippen molar-refractivity contribution in [1.82, 2.24) is 36.5 Å². The highest BCUT2D eigenvalue weighted by Crippen LogP contribution is 2.23. The van der Waals surface area contributed by atoms with Gasteiger partial charge < -0.3 is 64.5 Å². The molecular weight excluding hydrogens is 738 g/mol. The zero-order valence-electron chi connectivity index (χ0n) is 32.6. The first-order valence-corrected chi connectivity index (χ1v) is 19.3. The third kappa shape index (κ3) is 11.8. The van der Waals surface area contributed by atoms with Crippen molar-refractivity contribution in [3.63, 3.8) is 0 Å². The maximum absolute atomic E-state index is 14.5. The molecule has 20 nitrogen and oxygen atoms in total. The number of nitrogens with one attached hydrogen (secondary N) is 6. The number of aromatic nitrogens is 1. The normalized spacial score (nSPS) is 25.1. The number of aromatic amines is 1. The minimum Gasteiger partial charge on any atom is -0.391 e. The van der Waals surface area contributed by atoms with Crippen molar-refractivity contribution >= 4 is 58.3 Å². The minimum absolute atomic E-state index is 0.00712. The summed E-state index contributed by atoms with van der Waals surface area (Å²) in [4.78, 5) is 97.0. The van der Waals surface area contributed by atoms with Gasteiger partial charge in [0.05, 0.1) is 6.10 Å². The molecule has 0 spiro atoms. The number of rotatable bonds is 12. The van der Waals surface area contributed by atoms with Crippen molar-refractivity contribution in [2.75, 3.05) is 19.6 Å². The minimum atomic E-state index is -1.50. The van der Waals surface area contributed by atoms with Gasteiger partial charge in [0.15, 0.2) is 11.9 Å². The number of hydrogen-bond donors (Lipinski definition) is 11. The van der Waals surface area contributed by atoms with Gasteiger partial charge >= 0.3 is 0 Å². The Balaban J connectivity index is 1.80. The Morgan fingerprint density at radius 2 is 1.39 bits per heavy atom. The number of carbonyl (C=O) groups is 6. The van der Waals surface area contributed by atoms with Crippen molar-refractivity contribution in [1.29, 1.82) is 0 Å². The van der Waals surface area contributed by atoms with Gasteiger partial charge in [-0.05, 0) is 56.6 Å². The third-order valence-corrected chi connectivity index (χ3v) is 10.3. The fourth-order valence-electron chi connectivity index (χ4n) is 6.99. The summed E-state index contributed by atoms with van der Waals surface area (Å²) in [6.07, 6.45) is 1.61. The quantitative estimate of drug-likeness (QED) is 0.0596. The molecule has 2 fully saturated rings. The molecule has 2 saturated heterocycles. The molecule has 2 aromatic rings. The van der Waals surface area contributed by atoms with Gasteiger partial charge in [-0.25, -0.2) is 0 Å². The molecule has 20 heteroatoms. The number of guanidine groups is 2. The molecule has 2 aliphatic rings. The van der Waals surface area contributed by atoms with Gasteiger partial charge in [-0.2, -0.15) is 0 Å². The molecule has 312 valence electrons. The number of aliphatic imine (C=N–C) groups is 2. The zero-order chi connectivity index (χ0) is 41.8. The van der Waals surface area contributed by atoms with Gasteiger partial charge in [0.25, 0.3) is 0 Å². The molecule has 8 atom stereocenters. The average molecular weight is 796 g/mol. The van der Waals surface area contributed by atoms with Crippen LogP contribution >= 0.6 is 0 Å². The van der Waals surface area contributed by atoms with E-state index >= 15 is 0 Å². The molecule has 0 saturated carbocycles. The van der Waals surface area contributed by atoms with Crippen LogP contribution < -0.4 is 49.5 Å². The van der Waals surface area contributed by atoms with E-state index in [-0.39, 0.29) is 63.7 Å². The fourth-order valence-corrected chi connectivity index (χ4v) is 6.99. The molecule has 6 amide bonds. The Bertz CT molecular complexity index is 1820. The average Bonchev–Trinajstić information content (AvgIpc) is 3.83. The Morgan fingerprint density at radius 3 is 2.05 bits per heavy atom. The Hall–Kier alpha value is -5.92. The lowest BCUT2D eigenvalue weighted by Gasteiger charge is -2.32. The molecule has 0 radical (unpaired) electrons. The number of H-pyrrole nitrogens is 1. The van der Waals surface area contributed by atoms with E-state index in [2.05, 4.69) is 41.6 Å². The van der Waals surface area contributed by atoms with Gasteiger partial charge in [0.1, 0.15) is 36.3 Å². The van der Waals surface area contributed by atoms with Crippen LogP contribution in [-0.2, 0) is 35.2 Å². The lowest BCUT2D eigenvalue weighted by atomic mass is 9.96. The summed E-state index contributed by atoms with van der Waals surface area (Å²) in [5.74, 6) is -5.17. The summed E-state index contributed by atoms with van der Waals surface area (Å²) in [5, 5.41) is 25.0. The number of nitrogens with zero attached hydrogens (tertiary/aromatic N) is 3. The van der Waals surface area contributed by atoms with E-state index in [9.17, 15) is 33.9 Å². The van der Waals surface area contributed by atoms with Crippen LogP contribution in [0.25, 0.3) is 10.9 Å². The SMILES string of the molecule is CC[C@H](C)[C@@H]1NC(=O)[C@H]([C@@H](C)O)NC(=O)[C@H]2CCCN2C(=O)[C@H](Cc2c[nH]c3ccccc23)NC(=O)[C@H](CCN=C(N)N)NC(=O)[C@@H](CCCN=C(N)N)NC1=O. The maximum atomic E-state index is 14.5. The van der Waals surface area contributed by atoms with E-state index in [1.54, 1.807) is 20.0 Å². The number of amides is 6. The highest BCUT2D eigenvalue weighted by atomic mass is 16.3. The topological polar surface area (TPSA) is 331 Å². The molecule has 2 aliphatic heterocycles. The standard InChI is InChI=1S/C37H57N13O7/c1-4-19(2)28-33(55)46-24(11-7-14-42-36(38)39)30(52)45-25(13-15-43-37(40)41)31(53)47-26(17-21-18-44-23-10-6-5-9-22(21)23)35(57)50-16-8-12-27(50)32(54)49-29(20(3)51)34(56)48-28/h5-6,9-10,18-20,24-29,44,51H,4,7-8,11-17H2,1-3H3,(H,45,52)(H,46,55)(H,47,53)(H,48,56)(H,49,54)(H4,38,39,42)(H4,40,41,43)/t19-,20+,24+,25-,26-,27+,28-,29-/m0/s1. The van der Waals surface area contributed by atoms with Crippen LogP contribution in [0.2, 0.25) is 0 Å². The van der Waals surface area contributed by atoms with Crippen molar-refractivity contribution < 1.29 is 33.9 Å². The zero-order valence-corrected chi connectivity index (χ0v) is 32.6. The summed E-state index contributed by atoms with van der Waals surface area (Å²) in [7, 11) is 0. The van der Waals surface area contributed by atoms with Crippen LogP contribution in [0.1, 0.15) is 64.9 Å². The number of fused-ring (bicyclic) bond motifs is 2. The van der Waals surface area contributed by atoms with Crippen LogP contribution in [0.5, 0.6) is 0 Å². The van der Waals surface area contributed by atoms with Crippen LogP contribution in [0, 0.1) is 5.92 Å². The number of benzene rings is 1. The second kappa shape index (κ2) is 20.3. The molecule has 15 N–H and O–H groups in total. The van der Waals surface area contributed by atoms with Crippen LogP contribution in [0.15, 0.2) is 40.4 Å². The maximum Gasteiger partial charge on any atom is 0.246 e. The monoisotopic (exact) mass is 795 g/mol. The molecule has 0 bridgehead atoms. The van der Waals surface area contributed by atoms with Crippen LogP contribution in [0.4, 0.5) is 0 Å². The number of aliphatic hydroxyl groups excluding tert-OH is 1. The third-order valence-electron chi connectivity index (χ3n) is 10.3. The molecule has 4 rings (SSSR count). The fraction of sp³-hybridized carbons (Fsp3) is 0.568. The lowest BCUT2D eigenvalue weighted by molar-refractivity contribution is -0.143. The summed E-state index contributed by atoms with van der Waals surface area (Å²) < 4.78 is 0. The summed E-state index contributed by atoms with van der Waals surface area (Å²) in [6, 6.07) is -0.107. The number of aliphatic hydroxyl groups is 1. The van der Waals surface area contributed by atoms with Crippen molar-refractivity contribution in [3.8, 4) is 0 Å². The highest BCUT2D eigenvalue weighted by molar-refractivity contribution is 5.99. The number of para-hydroxylation sites is 1.